The van der Waals surface area contributed by atoms with Crippen LogP contribution in [0.1, 0.15) is 31.9 Å². The molecule has 0 aliphatic rings. The number of hydrogen-bond donors (Lipinski definition) is 1. The molecule has 1 rings (SSSR count). The number of rotatable bonds is 6. The normalized spacial score (nSPS) is 12.2. The van der Waals surface area contributed by atoms with Gasteiger partial charge in [0, 0.05) is 9.50 Å². The Morgan fingerprint density at radius 1 is 1.50 bits per heavy atom. The Morgan fingerprint density at radius 2 is 2.22 bits per heavy atom. The zero-order valence-electron chi connectivity index (χ0n) is 10.5. The molecule has 100 valence electrons. The molecule has 1 atom stereocenters. The lowest BCUT2D eigenvalue weighted by molar-refractivity contribution is -0.145. The number of nitrogens with one attached hydrogen (secondary N) is 1. The lowest BCUT2D eigenvalue weighted by Gasteiger charge is -2.18. The van der Waals surface area contributed by atoms with Gasteiger partial charge >= 0.3 is 5.97 Å². The quantitative estimate of drug-likeness (QED) is 0.806. The van der Waals surface area contributed by atoms with Gasteiger partial charge in [-0.2, -0.15) is 0 Å². The van der Waals surface area contributed by atoms with Crippen molar-refractivity contribution in [3.63, 3.8) is 0 Å². The fourth-order valence-corrected chi connectivity index (χ4v) is 2.18. The van der Waals surface area contributed by atoms with Crippen molar-refractivity contribution in [1.29, 1.82) is 0 Å². The van der Waals surface area contributed by atoms with E-state index in [0.717, 1.165) is 23.0 Å². The van der Waals surface area contributed by atoms with E-state index >= 15 is 0 Å². The van der Waals surface area contributed by atoms with Gasteiger partial charge in [0.25, 0.3) is 0 Å². The average Bonchev–Trinajstić information content (AvgIpc) is 2.34. The van der Waals surface area contributed by atoms with Gasteiger partial charge in [-0.15, -0.1) is 0 Å². The van der Waals surface area contributed by atoms with E-state index in [2.05, 4.69) is 21.2 Å². The van der Waals surface area contributed by atoms with Gasteiger partial charge < -0.3 is 10.1 Å². The third-order valence-corrected chi connectivity index (χ3v) is 3.23. The van der Waals surface area contributed by atoms with E-state index in [9.17, 15) is 4.79 Å². The van der Waals surface area contributed by atoms with Crippen LogP contribution in [-0.2, 0) is 9.53 Å². The fraction of sp³-hybridized carbons (Fsp3) is 0.462. The van der Waals surface area contributed by atoms with Crippen molar-refractivity contribution in [3.8, 4) is 0 Å². The minimum absolute atomic E-state index is 0.300. The van der Waals surface area contributed by atoms with Crippen LogP contribution >= 0.6 is 27.5 Å². The predicted octanol–water partition coefficient (Wildman–Crippen LogP) is 3.71. The Bertz CT molecular complexity index is 412. The first-order valence-corrected chi connectivity index (χ1v) is 7.12. The molecule has 1 aromatic carbocycles. The maximum absolute atomic E-state index is 12.0. The van der Waals surface area contributed by atoms with Gasteiger partial charge in [-0.1, -0.05) is 34.5 Å². The second-order valence-electron chi connectivity index (χ2n) is 3.81. The molecule has 1 aromatic rings. The molecule has 0 saturated heterocycles. The SMILES string of the molecule is CCCNC(C(=O)OCC)c1cc(Br)ccc1Cl. The molecule has 1 N–H and O–H groups in total. The van der Waals surface area contributed by atoms with Gasteiger partial charge in [-0.25, -0.2) is 4.79 Å². The first-order valence-electron chi connectivity index (χ1n) is 5.95. The van der Waals surface area contributed by atoms with Gasteiger partial charge in [-0.05, 0) is 43.7 Å². The van der Waals surface area contributed by atoms with E-state index in [1.54, 1.807) is 13.0 Å². The molecule has 5 heteroatoms. The summed E-state index contributed by atoms with van der Waals surface area (Å²) in [5.74, 6) is -0.300. The first kappa shape index (κ1) is 15.5. The van der Waals surface area contributed by atoms with Crippen LogP contribution in [0.3, 0.4) is 0 Å². The maximum atomic E-state index is 12.0. The summed E-state index contributed by atoms with van der Waals surface area (Å²) in [5.41, 5.74) is 0.734. The van der Waals surface area contributed by atoms with Crippen LogP contribution in [0.15, 0.2) is 22.7 Å². The van der Waals surface area contributed by atoms with Gasteiger partial charge in [0.15, 0.2) is 0 Å². The monoisotopic (exact) mass is 333 g/mol. The molecule has 0 heterocycles. The second-order valence-corrected chi connectivity index (χ2v) is 5.13. The van der Waals surface area contributed by atoms with Crippen LogP contribution in [0.5, 0.6) is 0 Å². The minimum Gasteiger partial charge on any atom is -0.465 e. The molecule has 0 radical (unpaired) electrons. The van der Waals surface area contributed by atoms with Crippen LogP contribution < -0.4 is 5.32 Å². The Kier molecular flexibility index (Phi) is 6.68. The van der Waals surface area contributed by atoms with Crippen LogP contribution in [0.4, 0.5) is 0 Å². The van der Waals surface area contributed by atoms with E-state index in [1.165, 1.54) is 0 Å². The number of ether oxygens (including phenoxy) is 1. The summed E-state index contributed by atoms with van der Waals surface area (Å²) in [7, 11) is 0. The van der Waals surface area contributed by atoms with Crippen molar-refractivity contribution in [2.24, 2.45) is 0 Å². The molecular formula is C13H17BrClNO2. The standard InChI is InChI=1S/C13H17BrClNO2/c1-3-7-16-12(13(17)18-4-2)10-8-9(14)5-6-11(10)15/h5-6,8,12,16H,3-4,7H2,1-2H3. The van der Waals surface area contributed by atoms with Crippen LogP contribution in [0.25, 0.3) is 0 Å². The molecular weight excluding hydrogens is 318 g/mol. The summed E-state index contributed by atoms with van der Waals surface area (Å²) in [6.45, 7) is 4.91. The van der Waals surface area contributed by atoms with Crippen molar-refractivity contribution in [2.45, 2.75) is 26.3 Å². The molecule has 3 nitrogen and oxygen atoms in total. The fourth-order valence-electron chi connectivity index (χ4n) is 1.57. The predicted molar refractivity (Wildman–Crippen MR) is 76.8 cm³/mol. The van der Waals surface area contributed by atoms with Gasteiger partial charge in [0.1, 0.15) is 6.04 Å². The third kappa shape index (κ3) is 4.26. The Morgan fingerprint density at radius 3 is 2.83 bits per heavy atom. The molecule has 0 spiro atoms. The van der Waals surface area contributed by atoms with Gasteiger partial charge in [0.05, 0.1) is 6.61 Å². The lowest BCUT2D eigenvalue weighted by Crippen LogP contribution is -2.31. The van der Waals surface area contributed by atoms with E-state index in [-0.39, 0.29) is 5.97 Å². The van der Waals surface area contributed by atoms with E-state index in [0.29, 0.717) is 11.6 Å². The molecule has 0 saturated carbocycles. The Labute approximate surface area is 121 Å². The number of carbonyl (C=O) groups excluding carboxylic acids is 1. The molecule has 0 fully saturated rings. The number of halogens is 2. The van der Waals surface area contributed by atoms with Crippen molar-refractivity contribution >= 4 is 33.5 Å². The van der Waals surface area contributed by atoms with Crippen molar-refractivity contribution in [1.82, 2.24) is 5.32 Å². The molecule has 0 amide bonds. The largest absolute Gasteiger partial charge is 0.465 e. The molecule has 1 unspecified atom stereocenters. The summed E-state index contributed by atoms with van der Waals surface area (Å²) in [5, 5.41) is 3.71. The molecule has 0 bridgehead atoms. The highest BCUT2D eigenvalue weighted by molar-refractivity contribution is 9.10. The van der Waals surface area contributed by atoms with Gasteiger partial charge in [0.2, 0.25) is 0 Å². The van der Waals surface area contributed by atoms with Crippen LogP contribution in [-0.4, -0.2) is 19.1 Å². The van der Waals surface area contributed by atoms with Gasteiger partial charge in [-0.3, -0.25) is 0 Å². The second kappa shape index (κ2) is 7.77. The number of esters is 1. The number of carbonyl (C=O) groups is 1. The van der Waals surface area contributed by atoms with E-state index in [4.69, 9.17) is 16.3 Å². The first-order chi connectivity index (χ1) is 8.60. The molecule has 0 aliphatic carbocycles. The average molecular weight is 335 g/mol. The molecule has 18 heavy (non-hydrogen) atoms. The van der Waals surface area contributed by atoms with E-state index < -0.39 is 6.04 Å². The third-order valence-electron chi connectivity index (χ3n) is 2.39. The topological polar surface area (TPSA) is 38.3 Å². The smallest absolute Gasteiger partial charge is 0.327 e. The zero-order valence-corrected chi connectivity index (χ0v) is 12.8. The molecule has 0 aliphatic heterocycles. The summed E-state index contributed by atoms with van der Waals surface area (Å²) < 4.78 is 5.96. The molecule has 0 aromatic heterocycles. The summed E-state index contributed by atoms with van der Waals surface area (Å²) >= 11 is 9.53. The summed E-state index contributed by atoms with van der Waals surface area (Å²) in [6.07, 6.45) is 0.932. The number of benzene rings is 1. The zero-order chi connectivity index (χ0) is 13.5. The van der Waals surface area contributed by atoms with Crippen LogP contribution in [0, 0.1) is 0 Å². The highest BCUT2D eigenvalue weighted by Gasteiger charge is 2.23. The van der Waals surface area contributed by atoms with E-state index in [1.807, 2.05) is 19.1 Å². The highest BCUT2D eigenvalue weighted by Crippen LogP contribution is 2.27. The minimum atomic E-state index is -0.519. The highest BCUT2D eigenvalue weighted by atomic mass is 79.9. The Hall–Kier alpha value is -0.580. The lowest BCUT2D eigenvalue weighted by atomic mass is 10.1. The summed E-state index contributed by atoms with van der Waals surface area (Å²) in [6, 6.07) is 4.93. The Balaban J connectivity index is 3.00. The summed E-state index contributed by atoms with van der Waals surface area (Å²) in [4.78, 5) is 12.0. The van der Waals surface area contributed by atoms with Crippen molar-refractivity contribution in [3.05, 3.63) is 33.3 Å². The maximum Gasteiger partial charge on any atom is 0.327 e. The van der Waals surface area contributed by atoms with Crippen molar-refractivity contribution in [2.75, 3.05) is 13.2 Å². The number of hydrogen-bond acceptors (Lipinski definition) is 3. The van der Waals surface area contributed by atoms with Crippen molar-refractivity contribution < 1.29 is 9.53 Å². The van der Waals surface area contributed by atoms with Crippen LogP contribution in [0.2, 0.25) is 5.02 Å².